The Kier molecular flexibility index (Phi) is 11.8. The third-order valence-electron chi connectivity index (χ3n) is 7.18. The maximum atomic E-state index is 12.6. The number of aromatic hydroxyl groups is 1. The Morgan fingerprint density at radius 1 is 0.719 bits per heavy atom. The first-order chi connectivity index (χ1) is 26.2. The number of nitrogens with two attached hydrogens (primary N) is 1. The molecule has 0 aliphatic heterocycles. The van der Waals surface area contributed by atoms with Crippen molar-refractivity contribution in [3.05, 3.63) is 65.9 Å². The third kappa shape index (κ3) is 10.4. The van der Waals surface area contributed by atoms with Gasteiger partial charge in [-0.1, -0.05) is 6.07 Å². The molecule has 0 aliphatic carbocycles. The fourth-order valence-corrected chi connectivity index (χ4v) is 8.31. The summed E-state index contributed by atoms with van der Waals surface area (Å²) in [5, 5.41) is 22.2. The summed E-state index contributed by atoms with van der Waals surface area (Å²) >= 11 is 6.02. The summed E-state index contributed by atoms with van der Waals surface area (Å²) in [7, 11) is -24.2. The second kappa shape index (κ2) is 15.6. The SMILES string of the molecule is Nc1c(Nc2nc(Cl)nc(Nc3cccc(S(=O)(=O)O)c3)n2)c(S(=O)(=O)O)cc2cc(S(=O)(=O)O)c(N=Nc3ccc(S(=O)(=O)CCOS(=O)(=O)O)cc3)c(O)c12. The van der Waals surface area contributed by atoms with Crippen LogP contribution in [0.2, 0.25) is 5.28 Å². The number of phenolic OH excluding ortho intramolecular Hbond substituents is 1. The Morgan fingerprint density at radius 3 is 1.89 bits per heavy atom. The smallest absolute Gasteiger partial charge is 0.397 e. The molecule has 0 aliphatic rings. The van der Waals surface area contributed by atoms with Gasteiger partial charge in [-0.05, 0) is 71.6 Å². The minimum absolute atomic E-state index is 0.0216. The van der Waals surface area contributed by atoms with E-state index < -0.39 is 122 Å². The van der Waals surface area contributed by atoms with Crippen molar-refractivity contribution in [2.45, 2.75) is 19.6 Å². The number of nitrogen functional groups attached to an aromatic ring is 1. The number of fused-ring (bicyclic) bond motifs is 1. The Labute approximate surface area is 326 Å². The maximum Gasteiger partial charge on any atom is 0.397 e. The fourth-order valence-electron chi connectivity index (χ4n) is 4.78. The van der Waals surface area contributed by atoms with Crippen molar-refractivity contribution in [3.8, 4) is 5.75 Å². The first kappa shape index (κ1) is 42.9. The zero-order chi connectivity index (χ0) is 42.3. The molecule has 0 saturated carbocycles. The third-order valence-corrected chi connectivity index (χ3v) is 12.1. The predicted octanol–water partition coefficient (Wildman–Crippen LogP) is 3.20. The Bertz CT molecular complexity index is 3040. The van der Waals surface area contributed by atoms with E-state index in [0.29, 0.717) is 12.1 Å². The molecule has 5 rings (SSSR count). The molecule has 0 bridgehead atoms. The zero-order valence-corrected chi connectivity index (χ0v) is 32.5. The van der Waals surface area contributed by atoms with E-state index >= 15 is 0 Å². The van der Waals surface area contributed by atoms with E-state index in [-0.39, 0.29) is 22.2 Å². The van der Waals surface area contributed by atoms with Crippen molar-refractivity contribution in [1.29, 1.82) is 0 Å². The van der Waals surface area contributed by atoms with Crippen molar-refractivity contribution in [3.63, 3.8) is 0 Å². The highest BCUT2D eigenvalue weighted by Crippen LogP contribution is 2.47. The molecule has 0 fully saturated rings. The molecular weight excluding hydrogens is 888 g/mol. The summed E-state index contributed by atoms with van der Waals surface area (Å²) in [4.78, 5) is 8.60. The van der Waals surface area contributed by atoms with Gasteiger partial charge in [-0.25, -0.2) is 12.6 Å². The van der Waals surface area contributed by atoms with Crippen LogP contribution < -0.4 is 16.4 Å². The molecule has 304 valence electrons. The Morgan fingerprint density at radius 2 is 1.32 bits per heavy atom. The average Bonchev–Trinajstić information content (AvgIpc) is 3.07. The quantitative estimate of drug-likeness (QED) is 0.0450. The van der Waals surface area contributed by atoms with Crippen LogP contribution >= 0.6 is 11.6 Å². The first-order valence-corrected chi connectivity index (χ1v) is 22.4. The van der Waals surface area contributed by atoms with E-state index in [2.05, 4.69) is 40.0 Å². The van der Waals surface area contributed by atoms with Crippen molar-refractivity contribution < 1.29 is 69.6 Å². The molecule has 0 unspecified atom stereocenters. The molecule has 0 atom stereocenters. The number of hydrogen-bond donors (Lipinski definition) is 8. The molecule has 9 N–H and O–H groups in total. The summed E-state index contributed by atoms with van der Waals surface area (Å²) in [6.07, 6.45) is 0. The van der Waals surface area contributed by atoms with E-state index in [4.69, 9.17) is 21.9 Å². The molecule has 0 saturated heterocycles. The molecule has 24 nitrogen and oxygen atoms in total. The summed E-state index contributed by atoms with van der Waals surface area (Å²) in [5.41, 5.74) is 3.75. The highest BCUT2D eigenvalue weighted by molar-refractivity contribution is 7.91. The van der Waals surface area contributed by atoms with Gasteiger partial charge in [0.05, 0.1) is 44.6 Å². The molecule has 0 amide bonds. The lowest BCUT2D eigenvalue weighted by Gasteiger charge is -2.17. The van der Waals surface area contributed by atoms with Crippen LogP contribution in [0.15, 0.2) is 90.5 Å². The maximum absolute atomic E-state index is 12.6. The fraction of sp³-hybridized carbons (Fsp3) is 0.0741. The zero-order valence-electron chi connectivity index (χ0n) is 27.6. The molecular formula is C27H23ClN8O16S5. The van der Waals surface area contributed by atoms with Crippen LogP contribution in [0.4, 0.5) is 40.3 Å². The lowest BCUT2D eigenvalue weighted by Crippen LogP contribution is -2.15. The first-order valence-electron chi connectivity index (χ1n) is 14.7. The van der Waals surface area contributed by atoms with E-state index in [1.807, 2.05) is 0 Å². The topological polar surface area (TPSA) is 395 Å². The number of nitrogens with one attached hydrogen (secondary N) is 2. The number of nitrogens with zero attached hydrogens (tertiary/aromatic N) is 5. The summed E-state index contributed by atoms with van der Waals surface area (Å²) in [6.45, 7) is -0.910. The van der Waals surface area contributed by atoms with Crippen molar-refractivity contribution in [1.82, 2.24) is 15.0 Å². The van der Waals surface area contributed by atoms with Crippen LogP contribution in [-0.2, 0) is 54.8 Å². The molecule has 5 aromatic rings. The van der Waals surface area contributed by atoms with E-state index in [9.17, 15) is 60.9 Å². The molecule has 1 aromatic heterocycles. The Balaban J connectivity index is 1.58. The number of aromatic nitrogens is 3. The second-order valence-corrected chi connectivity index (χ2v) is 18.8. The van der Waals surface area contributed by atoms with Gasteiger partial charge in [0.2, 0.25) is 17.2 Å². The predicted molar refractivity (Wildman–Crippen MR) is 197 cm³/mol. The number of benzene rings is 4. The number of azo groups is 1. The number of halogens is 1. The second-order valence-electron chi connectivity index (χ2n) is 11.1. The van der Waals surface area contributed by atoms with Crippen molar-refractivity contribution in [2.75, 3.05) is 28.7 Å². The van der Waals surface area contributed by atoms with Gasteiger partial charge in [0.25, 0.3) is 30.4 Å². The van der Waals surface area contributed by atoms with Crippen LogP contribution in [0, 0.1) is 0 Å². The Hall–Kier alpha value is -5.21. The van der Waals surface area contributed by atoms with E-state index in [0.717, 1.165) is 36.4 Å². The minimum atomic E-state index is -5.29. The van der Waals surface area contributed by atoms with Crippen molar-refractivity contribution in [2.24, 2.45) is 10.2 Å². The molecule has 0 spiro atoms. The highest BCUT2D eigenvalue weighted by Gasteiger charge is 2.28. The summed E-state index contributed by atoms with van der Waals surface area (Å²) < 4.78 is 162. The van der Waals surface area contributed by atoms with Gasteiger partial charge in [0.15, 0.2) is 15.6 Å². The van der Waals surface area contributed by atoms with Crippen LogP contribution in [0.1, 0.15) is 0 Å². The van der Waals surface area contributed by atoms with E-state index in [1.54, 1.807) is 0 Å². The molecule has 57 heavy (non-hydrogen) atoms. The highest BCUT2D eigenvalue weighted by atomic mass is 35.5. The summed E-state index contributed by atoms with van der Waals surface area (Å²) in [6, 6.07) is 10.1. The monoisotopic (exact) mass is 910 g/mol. The van der Waals surface area contributed by atoms with Gasteiger partial charge in [0.1, 0.15) is 15.5 Å². The number of anilines is 5. The van der Waals surface area contributed by atoms with Crippen LogP contribution in [0.5, 0.6) is 5.75 Å². The lowest BCUT2D eigenvalue weighted by atomic mass is 10.0. The molecule has 0 radical (unpaired) electrons. The average molecular weight is 911 g/mol. The van der Waals surface area contributed by atoms with Crippen LogP contribution in [0.3, 0.4) is 0 Å². The molecule has 4 aromatic carbocycles. The number of sulfone groups is 1. The van der Waals surface area contributed by atoms with Gasteiger partial charge < -0.3 is 21.5 Å². The molecule has 1 heterocycles. The normalized spacial score (nSPS) is 12.9. The van der Waals surface area contributed by atoms with Gasteiger partial charge in [-0.2, -0.15) is 53.7 Å². The number of rotatable bonds is 14. The van der Waals surface area contributed by atoms with Crippen molar-refractivity contribution >= 4 is 113 Å². The minimum Gasteiger partial charge on any atom is -0.505 e. The largest absolute Gasteiger partial charge is 0.505 e. The summed E-state index contributed by atoms with van der Waals surface area (Å²) in [5.74, 6) is -2.91. The van der Waals surface area contributed by atoms with Gasteiger partial charge in [-0.3, -0.25) is 18.2 Å². The number of phenols is 1. The van der Waals surface area contributed by atoms with Gasteiger partial charge >= 0.3 is 10.4 Å². The number of hydrogen-bond acceptors (Lipinski definition) is 20. The standard InChI is InChI=1S/C27H23ClN8O16S5/c28-25-32-26(30-15-2-1-3-17(12-15)54(40,41)42)34-27(33-25)31-22-18(55(43,44)45)10-13-11-19(56(46,47)48)23(24(37)20(13)21(22)29)36-35-14-4-6-16(7-5-14)53(38,39)9-8-52-57(49,50)51/h1-7,10-12,37H,8-9,29H2,(H,40,41,42)(H,43,44,45)(H,46,47,48)(H,49,50,51)(H2,30,31,32,33,34). The van der Waals surface area contributed by atoms with Crippen LogP contribution in [0.25, 0.3) is 10.8 Å². The van der Waals surface area contributed by atoms with Crippen LogP contribution in [-0.4, -0.2) is 92.7 Å². The van der Waals surface area contributed by atoms with Gasteiger partial charge in [0, 0.05) is 5.69 Å². The lowest BCUT2D eigenvalue weighted by molar-refractivity contribution is 0.284. The van der Waals surface area contributed by atoms with E-state index in [1.165, 1.54) is 12.1 Å². The molecule has 30 heteroatoms. The van der Waals surface area contributed by atoms with Gasteiger partial charge in [-0.15, -0.1) is 5.11 Å².